The predicted molar refractivity (Wildman–Crippen MR) is 113 cm³/mol. The van der Waals surface area contributed by atoms with Crippen LogP contribution in [-0.4, -0.2) is 27.0 Å². The number of benzene rings is 2. The Balaban J connectivity index is 1.55. The number of rotatable bonds is 5. The number of aromatic nitrogens is 3. The molecule has 0 aliphatic heterocycles. The number of hydrogen-bond donors (Lipinski definition) is 1. The molecule has 9 heteroatoms. The molecule has 1 atom stereocenters. The molecule has 0 radical (unpaired) electrons. The van der Waals surface area contributed by atoms with Gasteiger partial charge in [0.05, 0.1) is 29.0 Å². The minimum Gasteiger partial charge on any atom is -0.406 e. The van der Waals surface area contributed by atoms with Crippen LogP contribution >= 0.6 is 0 Å². The average molecular weight is 440 g/mol. The number of carbonyl (C=O) groups excluding carboxylic acids is 1. The molecule has 164 valence electrons. The summed E-state index contributed by atoms with van der Waals surface area (Å²) in [5.74, 6) is -0.700. The molecule has 0 fully saturated rings. The largest absolute Gasteiger partial charge is 0.573 e. The average Bonchev–Trinajstić information content (AvgIpc) is 3.14. The van der Waals surface area contributed by atoms with Gasteiger partial charge in [-0.3, -0.25) is 9.48 Å². The molecule has 0 saturated heterocycles. The van der Waals surface area contributed by atoms with Gasteiger partial charge < -0.3 is 10.1 Å². The summed E-state index contributed by atoms with van der Waals surface area (Å²) in [6.45, 7) is 1.74. The first-order chi connectivity index (χ1) is 15.2. The van der Waals surface area contributed by atoms with Gasteiger partial charge in [0, 0.05) is 12.4 Å². The van der Waals surface area contributed by atoms with Crippen molar-refractivity contribution in [1.82, 2.24) is 20.1 Å². The van der Waals surface area contributed by atoms with Gasteiger partial charge in [0.2, 0.25) is 0 Å². The summed E-state index contributed by atoms with van der Waals surface area (Å²) in [7, 11) is 1.66. The van der Waals surface area contributed by atoms with E-state index in [0.29, 0.717) is 22.5 Å². The molecule has 4 aromatic rings. The number of amides is 1. The van der Waals surface area contributed by atoms with Gasteiger partial charge in [-0.1, -0.05) is 36.4 Å². The molecular formula is C23H19F3N4O2. The van der Waals surface area contributed by atoms with Crippen LogP contribution < -0.4 is 10.1 Å². The molecule has 1 N–H and O–H groups in total. The van der Waals surface area contributed by atoms with Crippen LogP contribution in [0.25, 0.3) is 22.2 Å². The minimum absolute atomic E-state index is 0.323. The highest BCUT2D eigenvalue weighted by Gasteiger charge is 2.31. The van der Waals surface area contributed by atoms with E-state index in [2.05, 4.69) is 20.1 Å². The number of alkyl halides is 3. The lowest BCUT2D eigenvalue weighted by molar-refractivity contribution is -0.274. The molecule has 0 unspecified atom stereocenters. The smallest absolute Gasteiger partial charge is 0.406 e. The second kappa shape index (κ2) is 8.33. The lowest BCUT2D eigenvalue weighted by atomic mass is 10.1. The van der Waals surface area contributed by atoms with Gasteiger partial charge in [0.1, 0.15) is 11.4 Å². The summed E-state index contributed by atoms with van der Waals surface area (Å²) in [6.07, 6.45) is -3.17. The molecule has 2 aromatic heterocycles. The third-order valence-electron chi connectivity index (χ3n) is 4.99. The Morgan fingerprint density at radius 2 is 1.78 bits per heavy atom. The SMILES string of the molecule is C[C@@H](NC(=O)c1c(-c2ccc3ccccc3n2)cnn1C)c1ccc(OC(F)(F)F)cc1. The number of hydrogen-bond acceptors (Lipinski definition) is 4. The standard InChI is InChI=1S/C23H19F3N4O2/c1-14(15-7-10-17(11-8-15)32-23(24,25)26)28-22(31)21-18(13-27-30(21)2)20-12-9-16-5-3-4-6-19(16)29-20/h3-14H,1-2H3,(H,28,31)/t14-/m1/s1. The number of nitrogens with zero attached hydrogens (tertiary/aromatic N) is 3. The first-order valence-corrected chi connectivity index (χ1v) is 9.76. The van der Waals surface area contributed by atoms with E-state index in [-0.39, 0.29) is 11.7 Å². The van der Waals surface area contributed by atoms with Gasteiger partial charge in [0.15, 0.2) is 0 Å². The lowest BCUT2D eigenvalue weighted by Crippen LogP contribution is -2.29. The zero-order valence-electron chi connectivity index (χ0n) is 17.2. The zero-order valence-corrected chi connectivity index (χ0v) is 17.2. The Morgan fingerprint density at radius 1 is 1.06 bits per heavy atom. The summed E-state index contributed by atoms with van der Waals surface area (Å²) < 4.78 is 42.4. The molecule has 1 amide bonds. The fraction of sp³-hybridized carbons (Fsp3) is 0.174. The summed E-state index contributed by atoms with van der Waals surface area (Å²) in [5.41, 5.74) is 2.95. The highest BCUT2D eigenvalue weighted by molar-refractivity contribution is 5.99. The number of para-hydroxylation sites is 1. The van der Waals surface area contributed by atoms with Crippen LogP contribution in [0.4, 0.5) is 13.2 Å². The molecule has 2 aromatic carbocycles. The van der Waals surface area contributed by atoms with Gasteiger partial charge in [-0.15, -0.1) is 13.2 Å². The molecule has 0 aliphatic carbocycles. The van der Waals surface area contributed by atoms with Crippen molar-refractivity contribution in [3.63, 3.8) is 0 Å². The van der Waals surface area contributed by atoms with E-state index in [1.165, 1.54) is 28.9 Å². The first kappa shape index (κ1) is 21.4. The van der Waals surface area contributed by atoms with Crippen molar-refractivity contribution in [3.05, 3.63) is 78.1 Å². The highest BCUT2D eigenvalue weighted by Crippen LogP contribution is 2.26. The van der Waals surface area contributed by atoms with Crippen LogP contribution in [0.3, 0.4) is 0 Å². The maximum absolute atomic E-state index is 13.0. The number of ether oxygens (including phenoxy) is 1. The molecule has 4 rings (SSSR count). The van der Waals surface area contributed by atoms with Crippen LogP contribution in [0.2, 0.25) is 0 Å². The number of carbonyl (C=O) groups is 1. The van der Waals surface area contributed by atoms with Crippen molar-refractivity contribution in [2.24, 2.45) is 7.05 Å². The predicted octanol–water partition coefficient (Wildman–Crippen LogP) is 5.02. The molecule has 6 nitrogen and oxygen atoms in total. The van der Waals surface area contributed by atoms with Crippen molar-refractivity contribution in [2.75, 3.05) is 0 Å². The topological polar surface area (TPSA) is 69.0 Å². The van der Waals surface area contributed by atoms with Gasteiger partial charge >= 0.3 is 6.36 Å². The van der Waals surface area contributed by atoms with Crippen molar-refractivity contribution in [1.29, 1.82) is 0 Å². The van der Waals surface area contributed by atoms with Gasteiger partial charge in [-0.25, -0.2) is 4.98 Å². The van der Waals surface area contributed by atoms with Crippen molar-refractivity contribution in [2.45, 2.75) is 19.3 Å². The second-order valence-corrected chi connectivity index (χ2v) is 7.23. The van der Waals surface area contributed by atoms with Crippen LogP contribution in [-0.2, 0) is 7.05 Å². The van der Waals surface area contributed by atoms with Crippen LogP contribution in [0, 0.1) is 0 Å². The van der Waals surface area contributed by atoms with E-state index in [1.54, 1.807) is 20.2 Å². The van der Waals surface area contributed by atoms with E-state index in [9.17, 15) is 18.0 Å². The Kier molecular flexibility index (Phi) is 5.56. The monoisotopic (exact) mass is 440 g/mol. The lowest BCUT2D eigenvalue weighted by Gasteiger charge is -2.16. The third-order valence-corrected chi connectivity index (χ3v) is 4.99. The molecule has 0 aliphatic rings. The van der Waals surface area contributed by atoms with E-state index >= 15 is 0 Å². The first-order valence-electron chi connectivity index (χ1n) is 9.76. The van der Waals surface area contributed by atoms with Gasteiger partial charge in [-0.2, -0.15) is 5.10 Å². The Morgan fingerprint density at radius 3 is 2.50 bits per heavy atom. The third kappa shape index (κ3) is 4.56. The number of nitrogens with one attached hydrogen (secondary N) is 1. The Hall–Kier alpha value is -3.88. The zero-order chi connectivity index (χ0) is 22.9. The van der Waals surface area contributed by atoms with Crippen molar-refractivity contribution < 1.29 is 22.7 Å². The number of halogens is 3. The fourth-order valence-corrected chi connectivity index (χ4v) is 3.42. The Bertz CT molecular complexity index is 1270. The maximum atomic E-state index is 13.0. The van der Waals surface area contributed by atoms with Crippen molar-refractivity contribution >= 4 is 16.8 Å². The highest BCUT2D eigenvalue weighted by atomic mass is 19.4. The van der Waals surface area contributed by atoms with Crippen LogP contribution in [0.15, 0.2) is 66.9 Å². The van der Waals surface area contributed by atoms with Gasteiger partial charge in [0.25, 0.3) is 5.91 Å². The number of pyridine rings is 1. The quantitative estimate of drug-likeness (QED) is 0.473. The molecule has 32 heavy (non-hydrogen) atoms. The summed E-state index contributed by atoms with van der Waals surface area (Å²) in [4.78, 5) is 17.7. The minimum atomic E-state index is -4.76. The van der Waals surface area contributed by atoms with Gasteiger partial charge in [-0.05, 0) is 36.8 Å². The van der Waals surface area contributed by atoms with Crippen molar-refractivity contribution in [3.8, 4) is 17.0 Å². The number of fused-ring (bicyclic) bond motifs is 1. The molecule has 0 spiro atoms. The molecular weight excluding hydrogens is 421 g/mol. The van der Waals surface area contributed by atoms with E-state index in [1.807, 2.05) is 36.4 Å². The summed E-state index contributed by atoms with van der Waals surface area (Å²) >= 11 is 0. The molecule has 2 heterocycles. The molecule has 0 saturated carbocycles. The maximum Gasteiger partial charge on any atom is 0.573 e. The normalized spacial score (nSPS) is 12.5. The van der Waals surface area contributed by atoms with Crippen LogP contribution in [0.1, 0.15) is 29.0 Å². The summed E-state index contributed by atoms with van der Waals surface area (Å²) in [6, 6.07) is 16.3. The van der Waals surface area contributed by atoms with E-state index in [4.69, 9.17) is 0 Å². The summed E-state index contributed by atoms with van der Waals surface area (Å²) in [5, 5.41) is 8.06. The van der Waals surface area contributed by atoms with E-state index in [0.717, 1.165) is 10.9 Å². The Labute approximate surface area is 181 Å². The molecule has 0 bridgehead atoms. The van der Waals surface area contributed by atoms with E-state index < -0.39 is 12.4 Å². The second-order valence-electron chi connectivity index (χ2n) is 7.23. The number of aryl methyl sites for hydroxylation is 1. The fourth-order valence-electron chi connectivity index (χ4n) is 3.42. The van der Waals surface area contributed by atoms with Crippen LogP contribution in [0.5, 0.6) is 5.75 Å².